The summed E-state index contributed by atoms with van der Waals surface area (Å²) in [6, 6.07) is 5.19. The SMILES string of the molecule is CN(Cc1cccc(Cl)c1Cl)C(=O)C1(S(C)(=O)=O)CCNCC1. The maximum atomic E-state index is 12.9. The van der Waals surface area contributed by atoms with Crippen LogP contribution in [-0.2, 0) is 21.2 Å². The zero-order valence-corrected chi connectivity index (χ0v) is 15.4. The number of halogens is 2. The molecular formula is C15H20Cl2N2O3S. The van der Waals surface area contributed by atoms with Crippen LogP contribution in [0.3, 0.4) is 0 Å². The molecule has 1 fully saturated rings. The van der Waals surface area contributed by atoms with Gasteiger partial charge in [-0.1, -0.05) is 35.3 Å². The molecule has 1 saturated heterocycles. The molecule has 0 aliphatic carbocycles. The maximum Gasteiger partial charge on any atom is 0.244 e. The number of amides is 1. The van der Waals surface area contributed by atoms with E-state index in [2.05, 4.69) is 5.32 Å². The number of rotatable bonds is 4. The molecule has 0 unspecified atom stereocenters. The zero-order chi connectivity index (χ0) is 17.3. The van der Waals surface area contributed by atoms with E-state index in [1.54, 1.807) is 25.2 Å². The topological polar surface area (TPSA) is 66.5 Å². The Balaban J connectivity index is 2.28. The maximum absolute atomic E-state index is 12.9. The monoisotopic (exact) mass is 378 g/mol. The molecule has 0 bridgehead atoms. The third kappa shape index (κ3) is 3.65. The molecule has 0 atom stereocenters. The molecule has 8 heteroatoms. The number of hydrogen-bond donors (Lipinski definition) is 1. The van der Waals surface area contributed by atoms with E-state index in [9.17, 15) is 13.2 Å². The number of piperidine rings is 1. The fraction of sp³-hybridized carbons (Fsp3) is 0.533. The highest BCUT2D eigenvalue weighted by Crippen LogP contribution is 2.31. The standard InChI is InChI=1S/C15H20Cl2N2O3S/c1-19(10-11-4-3-5-12(16)13(11)17)14(20)15(23(2,21)22)6-8-18-9-7-15/h3-5,18H,6-10H2,1-2H3. The van der Waals surface area contributed by atoms with E-state index in [0.29, 0.717) is 28.7 Å². The largest absolute Gasteiger partial charge is 0.340 e. The van der Waals surface area contributed by atoms with Crippen LogP contribution in [0.25, 0.3) is 0 Å². The van der Waals surface area contributed by atoms with E-state index in [1.165, 1.54) is 4.90 Å². The summed E-state index contributed by atoms with van der Waals surface area (Å²) in [6.45, 7) is 1.22. The number of nitrogens with zero attached hydrogens (tertiary/aromatic N) is 1. The predicted octanol–water partition coefficient (Wildman–Crippen LogP) is 2.12. The number of hydrogen-bond acceptors (Lipinski definition) is 4. The van der Waals surface area contributed by atoms with E-state index in [4.69, 9.17) is 23.2 Å². The van der Waals surface area contributed by atoms with E-state index in [1.807, 2.05) is 0 Å². The molecule has 1 aromatic carbocycles. The first-order valence-electron chi connectivity index (χ1n) is 7.28. The minimum absolute atomic E-state index is 0.211. The van der Waals surface area contributed by atoms with Crippen molar-refractivity contribution in [1.29, 1.82) is 0 Å². The number of benzene rings is 1. The lowest BCUT2D eigenvalue weighted by Gasteiger charge is -2.37. The second-order valence-electron chi connectivity index (χ2n) is 5.89. The molecule has 0 aromatic heterocycles. The van der Waals surface area contributed by atoms with Gasteiger partial charge in [-0.2, -0.15) is 0 Å². The van der Waals surface area contributed by atoms with Crippen LogP contribution in [0.4, 0.5) is 0 Å². The predicted molar refractivity (Wildman–Crippen MR) is 92.6 cm³/mol. The Morgan fingerprint density at radius 2 is 1.91 bits per heavy atom. The van der Waals surface area contributed by atoms with Crippen molar-refractivity contribution in [3.63, 3.8) is 0 Å². The molecule has 0 spiro atoms. The molecule has 1 aliphatic heterocycles. The minimum atomic E-state index is -3.53. The van der Waals surface area contributed by atoms with Gasteiger partial charge in [-0.3, -0.25) is 4.79 Å². The van der Waals surface area contributed by atoms with Crippen molar-refractivity contribution < 1.29 is 13.2 Å². The Hall–Kier alpha value is -0.820. The Bertz CT molecular complexity index is 701. The molecule has 1 heterocycles. The number of sulfone groups is 1. The molecule has 0 radical (unpaired) electrons. The Labute approximate surface area is 146 Å². The first-order chi connectivity index (χ1) is 10.7. The van der Waals surface area contributed by atoms with Gasteiger partial charge in [0.2, 0.25) is 5.91 Å². The van der Waals surface area contributed by atoms with Crippen LogP contribution in [0, 0.1) is 0 Å². The zero-order valence-electron chi connectivity index (χ0n) is 13.1. The third-order valence-corrected chi connectivity index (χ3v) is 7.16. The smallest absolute Gasteiger partial charge is 0.244 e. The van der Waals surface area contributed by atoms with Crippen molar-refractivity contribution in [3.05, 3.63) is 33.8 Å². The van der Waals surface area contributed by atoms with Crippen LogP contribution in [-0.4, -0.2) is 50.4 Å². The molecule has 128 valence electrons. The number of nitrogens with one attached hydrogen (secondary N) is 1. The summed E-state index contributed by atoms with van der Waals surface area (Å²) in [6.07, 6.45) is 1.69. The summed E-state index contributed by atoms with van der Waals surface area (Å²) in [5.74, 6) is -0.391. The van der Waals surface area contributed by atoms with Crippen LogP contribution in [0.2, 0.25) is 10.0 Å². The highest BCUT2D eigenvalue weighted by atomic mass is 35.5. The first-order valence-corrected chi connectivity index (χ1v) is 9.92. The lowest BCUT2D eigenvalue weighted by Crippen LogP contribution is -2.57. The van der Waals surface area contributed by atoms with Gasteiger partial charge in [-0.05, 0) is 37.6 Å². The highest BCUT2D eigenvalue weighted by molar-refractivity contribution is 7.92. The van der Waals surface area contributed by atoms with Crippen LogP contribution in [0.15, 0.2) is 18.2 Å². The first kappa shape index (κ1) is 18.5. The second kappa shape index (κ2) is 6.97. The molecule has 2 rings (SSSR count). The molecule has 1 aromatic rings. The van der Waals surface area contributed by atoms with E-state index < -0.39 is 20.5 Å². The normalized spacial score (nSPS) is 17.7. The van der Waals surface area contributed by atoms with Gasteiger partial charge in [0.1, 0.15) is 0 Å². The van der Waals surface area contributed by atoms with Crippen LogP contribution in [0.1, 0.15) is 18.4 Å². The van der Waals surface area contributed by atoms with Gasteiger partial charge in [0, 0.05) is 19.8 Å². The fourth-order valence-electron chi connectivity index (χ4n) is 2.92. The summed E-state index contributed by atoms with van der Waals surface area (Å²) in [5, 5.41) is 3.89. The summed E-state index contributed by atoms with van der Waals surface area (Å²) < 4.78 is 23.2. The second-order valence-corrected chi connectivity index (χ2v) is 9.00. The van der Waals surface area contributed by atoms with Gasteiger partial charge >= 0.3 is 0 Å². The van der Waals surface area contributed by atoms with Crippen molar-refractivity contribution in [2.24, 2.45) is 0 Å². The van der Waals surface area contributed by atoms with E-state index in [-0.39, 0.29) is 19.4 Å². The van der Waals surface area contributed by atoms with Gasteiger partial charge in [0.15, 0.2) is 14.6 Å². The molecule has 1 amide bonds. The Morgan fingerprint density at radius 1 is 1.30 bits per heavy atom. The lowest BCUT2D eigenvalue weighted by atomic mass is 9.95. The van der Waals surface area contributed by atoms with Gasteiger partial charge in [0.25, 0.3) is 0 Å². The molecule has 1 N–H and O–H groups in total. The van der Waals surface area contributed by atoms with Gasteiger partial charge in [-0.15, -0.1) is 0 Å². The van der Waals surface area contributed by atoms with Crippen LogP contribution >= 0.6 is 23.2 Å². The van der Waals surface area contributed by atoms with Crippen molar-refractivity contribution in [2.75, 3.05) is 26.4 Å². The summed E-state index contributed by atoms with van der Waals surface area (Å²) in [5.41, 5.74) is 0.688. The quantitative estimate of drug-likeness (QED) is 0.871. The summed E-state index contributed by atoms with van der Waals surface area (Å²) in [4.78, 5) is 14.3. The van der Waals surface area contributed by atoms with Crippen molar-refractivity contribution in [1.82, 2.24) is 10.2 Å². The van der Waals surface area contributed by atoms with E-state index >= 15 is 0 Å². The molecule has 1 aliphatic rings. The molecule has 23 heavy (non-hydrogen) atoms. The third-order valence-electron chi connectivity index (χ3n) is 4.30. The van der Waals surface area contributed by atoms with Gasteiger partial charge in [0.05, 0.1) is 10.0 Å². The number of carbonyl (C=O) groups is 1. The van der Waals surface area contributed by atoms with Crippen molar-refractivity contribution in [2.45, 2.75) is 24.1 Å². The molecular weight excluding hydrogens is 359 g/mol. The van der Waals surface area contributed by atoms with Gasteiger partial charge in [-0.25, -0.2) is 8.42 Å². The summed E-state index contributed by atoms with van der Waals surface area (Å²) in [7, 11) is -1.94. The lowest BCUT2D eigenvalue weighted by molar-refractivity contribution is -0.134. The fourth-order valence-corrected chi connectivity index (χ4v) is 4.72. The minimum Gasteiger partial charge on any atom is -0.340 e. The average molecular weight is 379 g/mol. The van der Waals surface area contributed by atoms with Crippen LogP contribution in [0.5, 0.6) is 0 Å². The van der Waals surface area contributed by atoms with Crippen molar-refractivity contribution >= 4 is 38.9 Å². The Kier molecular flexibility index (Phi) is 5.61. The molecule has 5 nitrogen and oxygen atoms in total. The average Bonchev–Trinajstić information content (AvgIpc) is 2.50. The van der Waals surface area contributed by atoms with Gasteiger partial charge < -0.3 is 10.2 Å². The van der Waals surface area contributed by atoms with E-state index in [0.717, 1.165) is 6.26 Å². The van der Waals surface area contributed by atoms with Crippen molar-refractivity contribution in [3.8, 4) is 0 Å². The number of carbonyl (C=O) groups excluding carboxylic acids is 1. The van der Waals surface area contributed by atoms with Crippen LogP contribution < -0.4 is 5.32 Å². The summed E-state index contributed by atoms with van der Waals surface area (Å²) >= 11 is 12.1. The Morgan fingerprint density at radius 3 is 2.48 bits per heavy atom. The molecule has 0 saturated carbocycles. The highest BCUT2D eigenvalue weighted by Gasteiger charge is 2.49.